The summed E-state index contributed by atoms with van der Waals surface area (Å²) in [6, 6.07) is 6.82. The number of thioether (sulfide) groups is 1. The minimum atomic E-state index is -0.603. The number of amides is 1. The van der Waals surface area contributed by atoms with Crippen LogP contribution in [0.1, 0.15) is 36.2 Å². The number of hydrogen-bond donors (Lipinski definition) is 1. The summed E-state index contributed by atoms with van der Waals surface area (Å²) in [5.74, 6) is 0.552. The molecule has 116 valence electrons. The Labute approximate surface area is 130 Å². The standard InChI is InChI=1S/C16H23NO3S/c1-11(2)9-14(16(19)20-3)17-15(18)13-7-5-12(6-8-13)10-21-4/h5-8,11,14H,9-10H2,1-4H3,(H,17,18). The van der Waals surface area contributed by atoms with Gasteiger partial charge in [0.2, 0.25) is 0 Å². The fourth-order valence-corrected chi connectivity index (χ4v) is 2.51. The van der Waals surface area contributed by atoms with Crippen LogP contribution in [-0.2, 0) is 15.3 Å². The molecule has 4 nitrogen and oxygen atoms in total. The number of carbonyl (C=O) groups excluding carboxylic acids is 2. The average Bonchev–Trinajstić information content (AvgIpc) is 2.46. The molecule has 0 aromatic heterocycles. The van der Waals surface area contributed by atoms with E-state index in [0.717, 1.165) is 5.75 Å². The molecule has 1 aromatic carbocycles. The van der Waals surface area contributed by atoms with Crippen molar-refractivity contribution in [3.8, 4) is 0 Å². The maximum absolute atomic E-state index is 12.2. The Morgan fingerprint density at radius 2 is 1.86 bits per heavy atom. The Bertz CT molecular complexity index is 471. The van der Waals surface area contributed by atoms with E-state index in [-0.39, 0.29) is 5.91 Å². The number of hydrogen-bond acceptors (Lipinski definition) is 4. The van der Waals surface area contributed by atoms with E-state index in [1.54, 1.807) is 23.9 Å². The van der Waals surface area contributed by atoms with Crippen molar-refractivity contribution in [2.75, 3.05) is 13.4 Å². The Morgan fingerprint density at radius 1 is 1.24 bits per heavy atom. The normalized spacial score (nSPS) is 12.0. The minimum absolute atomic E-state index is 0.248. The second-order valence-corrected chi connectivity index (χ2v) is 6.17. The molecule has 0 bridgehead atoms. The molecule has 1 unspecified atom stereocenters. The highest BCUT2D eigenvalue weighted by Gasteiger charge is 2.23. The van der Waals surface area contributed by atoms with Gasteiger partial charge in [0.15, 0.2) is 0 Å². The van der Waals surface area contributed by atoms with Gasteiger partial charge in [-0.05, 0) is 36.3 Å². The van der Waals surface area contributed by atoms with E-state index in [1.165, 1.54) is 12.7 Å². The SMILES string of the molecule is COC(=O)C(CC(C)C)NC(=O)c1ccc(CSC)cc1. The summed E-state index contributed by atoms with van der Waals surface area (Å²) < 4.78 is 4.74. The molecule has 1 amide bonds. The lowest BCUT2D eigenvalue weighted by Crippen LogP contribution is -2.42. The van der Waals surface area contributed by atoms with Crippen molar-refractivity contribution in [1.82, 2.24) is 5.32 Å². The van der Waals surface area contributed by atoms with Gasteiger partial charge in [0.25, 0.3) is 5.91 Å². The smallest absolute Gasteiger partial charge is 0.328 e. The van der Waals surface area contributed by atoms with E-state index < -0.39 is 12.0 Å². The van der Waals surface area contributed by atoms with Crippen LogP contribution in [0.5, 0.6) is 0 Å². The largest absolute Gasteiger partial charge is 0.467 e. The lowest BCUT2D eigenvalue weighted by molar-refractivity contribution is -0.143. The van der Waals surface area contributed by atoms with Crippen molar-refractivity contribution in [3.05, 3.63) is 35.4 Å². The van der Waals surface area contributed by atoms with Crippen LogP contribution in [0.3, 0.4) is 0 Å². The summed E-state index contributed by atoms with van der Waals surface area (Å²) in [5.41, 5.74) is 1.73. The van der Waals surface area contributed by atoms with Gasteiger partial charge in [-0.25, -0.2) is 4.79 Å². The first-order valence-electron chi connectivity index (χ1n) is 6.94. The molecular formula is C16H23NO3S. The Kier molecular flexibility index (Phi) is 7.29. The highest BCUT2D eigenvalue weighted by Crippen LogP contribution is 2.12. The van der Waals surface area contributed by atoms with Gasteiger partial charge in [-0.1, -0.05) is 26.0 Å². The van der Waals surface area contributed by atoms with Crippen molar-refractivity contribution in [2.24, 2.45) is 5.92 Å². The van der Waals surface area contributed by atoms with Gasteiger partial charge in [-0.2, -0.15) is 11.8 Å². The molecule has 0 saturated heterocycles. The van der Waals surface area contributed by atoms with Crippen LogP contribution in [0.2, 0.25) is 0 Å². The van der Waals surface area contributed by atoms with E-state index in [0.29, 0.717) is 17.9 Å². The molecule has 0 fully saturated rings. The first-order valence-corrected chi connectivity index (χ1v) is 8.33. The third-order valence-corrected chi connectivity index (χ3v) is 3.65. The molecule has 21 heavy (non-hydrogen) atoms. The molecule has 0 aliphatic carbocycles. The van der Waals surface area contributed by atoms with Crippen LogP contribution in [0.4, 0.5) is 0 Å². The van der Waals surface area contributed by atoms with Crippen molar-refractivity contribution in [1.29, 1.82) is 0 Å². The predicted octanol–water partition coefficient (Wildman–Crippen LogP) is 2.87. The van der Waals surface area contributed by atoms with Crippen molar-refractivity contribution in [2.45, 2.75) is 32.1 Å². The van der Waals surface area contributed by atoms with Gasteiger partial charge < -0.3 is 10.1 Å². The molecule has 1 aromatic rings. The Balaban J connectivity index is 2.74. The summed E-state index contributed by atoms with van der Waals surface area (Å²) in [5, 5.41) is 2.75. The third-order valence-electron chi connectivity index (χ3n) is 3.03. The second kappa shape index (κ2) is 8.72. The molecule has 0 saturated carbocycles. The van der Waals surface area contributed by atoms with Crippen LogP contribution in [0, 0.1) is 5.92 Å². The van der Waals surface area contributed by atoms with Crippen LogP contribution in [0.25, 0.3) is 0 Å². The molecule has 5 heteroatoms. The number of benzene rings is 1. The molecular weight excluding hydrogens is 286 g/mol. The third kappa shape index (κ3) is 5.79. The molecule has 0 radical (unpaired) electrons. The van der Waals surface area contributed by atoms with Gasteiger partial charge >= 0.3 is 5.97 Å². The van der Waals surface area contributed by atoms with E-state index >= 15 is 0 Å². The van der Waals surface area contributed by atoms with E-state index in [1.807, 2.05) is 32.2 Å². The first kappa shape index (κ1) is 17.6. The van der Waals surface area contributed by atoms with Gasteiger partial charge in [-0.15, -0.1) is 0 Å². The molecule has 0 aliphatic rings. The van der Waals surface area contributed by atoms with Crippen LogP contribution in [0.15, 0.2) is 24.3 Å². The molecule has 1 atom stereocenters. The predicted molar refractivity (Wildman–Crippen MR) is 86.4 cm³/mol. The number of rotatable bonds is 7. The van der Waals surface area contributed by atoms with Crippen LogP contribution >= 0.6 is 11.8 Å². The Morgan fingerprint density at radius 3 is 2.33 bits per heavy atom. The lowest BCUT2D eigenvalue weighted by atomic mass is 10.0. The highest BCUT2D eigenvalue weighted by atomic mass is 32.2. The van der Waals surface area contributed by atoms with Crippen molar-refractivity contribution >= 4 is 23.6 Å². The first-order chi connectivity index (χ1) is 9.97. The zero-order valence-electron chi connectivity index (χ0n) is 13.0. The fraction of sp³-hybridized carbons (Fsp3) is 0.500. The zero-order valence-corrected chi connectivity index (χ0v) is 13.8. The van der Waals surface area contributed by atoms with E-state index in [4.69, 9.17) is 4.74 Å². The van der Waals surface area contributed by atoms with Gasteiger partial charge in [0.1, 0.15) is 6.04 Å². The zero-order chi connectivity index (χ0) is 15.8. The molecule has 0 spiro atoms. The fourth-order valence-electron chi connectivity index (χ4n) is 1.99. The summed E-state index contributed by atoms with van der Waals surface area (Å²) in [4.78, 5) is 23.9. The van der Waals surface area contributed by atoms with Crippen LogP contribution in [-0.4, -0.2) is 31.3 Å². The summed E-state index contributed by atoms with van der Waals surface area (Å²) in [7, 11) is 1.33. The van der Waals surface area contributed by atoms with Crippen LogP contribution < -0.4 is 5.32 Å². The van der Waals surface area contributed by atoms with Gasteiger partial charge in [0.05, 0.1) is 7.11 Å². The van der Waals surface area contributed by atoms with Crippen molar-refractivity contribution < 1.29 is 14.3 Å². The maximum atomic E-state index is 12.2. The maximum Gasteiger partial charge on any atom is 0.328 e. The minimum Gasteiger partial charge on any atom is -0.467 e. The summed E-state index contributed by atoms with van der Waals surface area (Å²) in [6.07, 6.45) is 2.59. The van der Waals surface area contributed by atoms with Gasteiger partial charge in [0, 0.05) is 11.3 Å². The summed E-state index contributed by atoms with van der Waals surface area (Å²) in [6.45, 7) is 4.00. The topological polar surface area (TPSA) is 55.4 Å². The number of esters is 1. The average molecular weight is 309 g/mol. The second-order valence-electron chi connectivity index (χ2n) is 5.31. The number of carbonyl (C=O) groups is 2. The number of ether oxygens (including phenoxy) is 1. The van der Waals surface area contributed by atoms with Gasteiger partial charge in [-0.3, -0.25) is 4.79 Å². The quantitative estimate of drug-likeness (QED) is 0.787. The van der Waals surface area contributed by atoms with E-state index in [2.05, 4.69) is 5.32 Å². The Hall–Kier alpha value is -1.49. The molecule has 0 aliphatic heterocycles. The van der Waals surface area contributed by atoms with Crippen molar-refractivity contribution in [3.63, 3.8) is 0 Å². The van der Waals surface area contributed by atoms with E-state index in [9.17, 15) is 9.59 Å². The summed E-state index contributed by atoms with van der Waals surface area (Å²) >= 11 is 1.73. The molecule has 1 rings (SSSR count). The monoisotopic (exact) mass is 309 g/mol. The number of nitrogens with one attached hydrogen (secondary N) is 1. The molecule has 0 heterocycles. The number of methoxy groups -OCH3 is 1. The molecule has 1 N–H and O–H groups in total. The lowest BCUT2D eigenvalue weighted by Gasteiger charge is -2.18. The highest BCUT2D eigenvalue weighted by molar-refractivity contribution is 7.97.